The molecule has 1 aromatic rings. The molecule has 0 radical (unpaired) electrons. The van der Waals surface area contributed by atoms with Crippen molar-refractivity contribution in [1.29, 1.82) is 0 Å². The van der Waals surface area contributed by atoms with Gasteiger partial charge in [0.2, 0.25) is 0 Å². The SMILES string of the molecule is C=C.CC(C)N1CCOc2cc(OC(F)(F)F)ccc21. The second-order valence-electron chi connectivity index (χ2n) is 4.31. The van der Waals surface area contributed by atoms with Crippen molar-refractivity contribution in [2.75, 3.05) is 18.1 Å². The molecule has 0 atom stereocenters. The largest absolute Gasteiger partial charge is 0.573 e. The number of fused-ring (bicyclic) bond motifs is 1. The molecule has 20 heavy (non-hydrogen) atoms. The molecule has 0 spiro atoms. The lowest BCUT2D eigenvalue weighted by Crippen LogP contribution is -2.37. The fourth-order valence-electron chi connectivity index (χ4n) is 1.96. The topological polar surface area (TPSA) is 21.7 Å². The lowest BCUT2D eigenvalue weighted by Gasteiger charge is -2.34. The van der Waals surface area contributed by atoms with Crippen molar-refractivity contribution in [1.82, 2.24) is 0 Å². The van der Waals surface area contributed by atoms with Gasteiger partial charge >= 0.3 is 6.36 Å². The monoisotopic (exact) mass is 289 g/mol. The van der Waals surface area contributed by atoms with Gasteiger partial charge in [-0.25, -0.2) is 0 Å². The van der Waals surface area contributed by atoms with E-state index in [0.717, 1.165) is 12.2 Å². The second kappa shape index (κ2) is 6.54. The fraction of sp³-hybridized carbons (Fsp3) is 0.429. The highest BCUT2D eigenvalue weighted by atomic mass is 19.4. The Morgan fingerprint density at radius 2 is 1.95 bits per heavy atom. The molecule has 0 amide bonds. The van der Waals surface area contributed by atoms with Crippen molar-refractivity contribution >= 4 is 5.69 Å². The first-order chi connectivity index (χ1) is 9.37. The van der Waals surface area contributed by atoms with E-state index >= 15 is 0 Å². The maximum Gasteiger partial charge on any atom is 0.573 e. The minimum absolute atomic E-state index is 0.258. The number of hydrogen-bond acceptors (Lipinski definition) is 3. The number of halogens is 3. The smallest absolute Gasteiger partial charge is 0.489 e. The van der Waals surface area contributed by atoms with Gasteiger partial charge < -0.3 is 14.4 Å². The first-order valence-electron chi connectivity index (χ1n) is 6.16. The van der Waals surface area contributed by atoms with Crippen LogP contribution in [0, 0.1) is 0 Å². The van der Waals surface area contributed by atoms with Gasteiger partial charge in [-0.2, -0.15) is 0 Å². The highest BCUT2D eigenvalue weighted by Crippen LogP contribution is 2.37. The third-order valence-corrected chi connectivity index (χ3v) is 2.69. The van der Waals surface area contributed by atoms with Gasteiger partial charge in [0, 0.05) is 12.1 Å². The predicted octanol–water partition coefficient (Wildman–Crippen LogP) is 3.99. The summed E-state index contributed by atoms with van der Waals surface area (Å²) in [6, 6.07) is 4.44. The Morgan fingerprint density at radius 3 is 2.50 bits per heavy atom. The summed E-state index contributed by atoms with van der Waals surface area (Å²) in [5, 5.41) is 0. The van der Waals surface area contributed by atoms with E-state index in [-0.39, 0.29) is 11.8 Å². The van der Waals surface area contributed by atoms with Crippen molar-refractivity contribution in [2.24, 2.45) is 0 Å². The minimum atomic E-state index is -4.68. The zero-order chi connectivity index (χ0) is 15.3. The van der Waals surface area contributed by atoms with E-state index in [9.17, 15) is 13.2 Å². The predicted molar refractivity (Wildman–Crippen MR) is 72.4 cm³/mol. The number of anilines is 1. The molecule has 0 N–H and O–H groups in total. The maximum absolute atomic E-state index is 12.1. The molecular weight excluding hydrogens is 271 g/mol. The highest BCUT2D eigenvalue weighted by molar-refractivity contribution is 5.62. The molecule has 1 aromatic carbocycles. The molecule has 0 unspecified atom stereocenters. The molecule has 1 aliphatic heterocycles. The van der Waals surface area contributed by atoms with Gasteiger partial charge in [-0.15, -0.1) is 26.3 Å². The van der Waals surface area contributed by atoms with Gasteiger partial charge in [0.1, 0.15) is 18.1 Å². The number of rotatable bonds is 2. The summed E-state index contributed by atoms with van der Waals surface area (Å²) in [6.07, 6.45) is -4.68. The van der Waals surface area contributed by atoms with Crippen molar-refractivity contribution < 1.29 is 22.6 Å². The highest BCUT2D eigenvalue weighted by Gasteiger charge is 2.32. The molecule has 1 heterocycles. The lowest BCUT2D eigenvalue weighted by molar-refractivity contribution is -0.274. The first-order valence-corrected chi connectivity index (χ1v) is 6.16. The van der Waals surface area contributed by atoms with Crippen molar-refractivity contribution in [2.45, 2.75) is 26.3 Å². The average Bonchev–Trinajstić information content (AvgIpc) is 2.38. The first kappa shape index (κ1) is 16.2. The van der Waals surface area contributed by atoms with Crippen molar-refractivity contribution in [3.8, 4) is 11.5 Å². The molecule has 0 saturated carbocycles. The molecule has 0 fully saturated rings. The quantitative estimate of drug-likeness (QED) is 0.768. The van der Waals surface area contributed by atoms with Crippen LogP contribution in [-0.2, 0) is 0 Å². The Hall–Kier alpha value is -1.85. The van der Waals surface area contributed by atoms with Crippen molar-refractivity contribution in [3.63, 3.8) is 0 Å². The van der Waals surface area contributed by atoms with E-state index in [1.165, 1.54) is 12.1 Å². The van der Waals surface area contributed by atoms with Crippen LogP contribution >= 0.6 is 0 Å². The summed E-state index contributed by atoms with van der Waals surface area (Å²) >= 11 is 0. The summed E-state index contributed by atoms with van der Waals surface area (Å²) in [7, 11) is 0. The third kappa shape index (κ3) is 4.08. The zero-order valence-electron chi connectivity index (χ0n) is 11.5. The Kier molecular flexibility index (Phi) is 5.30. The molecule has 112 valence electrons. The Labute approximate surface area is 116 Å². The number of nitrogens with zero attached hydrogens (tertiary/aromatic N) is 1. The maximum atomic E-state index is 12.1. The van der Waals surface area contributed by atoms with E-state index in [4.69, 9.17) is 4.74 Å². The number of alkyl halides is 3. The minimum Gasteiger partial charge on any atom is -0.489 e. The molecule has 6 heteroatoms. The van der Waals surface area contributed by atoms with E-state index in [2.05, 4.69) is 22.8 Å². The Bertz CT molecular complexity index is 447. The molecular formula is C14H18F3NO2. The standard InChI is InChI=1S/C12H14F3NO2.C2H4/c1-8(2)16-5-6-17-11-7-9(3-4-10(11)16)18-12(13,14)15;1-2/h3-4,7-8H,5-6H2,1-2H3;1-2H2. The second-order valence-corrected chi connectivity index (χ2v) is 4.31. The van der Waals surface area contributed by atoms with E-state index in [1.807, 2.05) is 13.8 Å². The van der Waals surface area contributed by atoms with Gasteiger partial charge in [0.15, 0.2) is 0 Å². The van der Waals surface area contributed by atoms with Crippen LogP contribution in [0.2, 0.25) is 0 Å². The summed E-state index contributed by atoms with van der Waals surface area (Å²) in [5.74, 6) is 0.170. The van der Waals surface area contributed by atoms with Crippen LogP contribution in [0.15, 0.2) is 31.4 Å². The summed E-state index contributed by atoms with van der Waals surface area (Å²) in [4.78, 5) is 2.08. The normalized spacial score (nSPS) is 14.0. The van der Waals surface area contributed by atoms with Crippen molar-refractivity contribution in [3.05, 3.63) is 31.4 Å². The molecule has 0 bridgehead atoms. The average molecular weight is 289 g/mol. The number of hydrogen-bond donors (Lipinski definition) is 0. The Balaban J connectivity index is 0.000000956. The molecule has 0 aliphatic carbocycles. The zero-order valence-corrected chi connectivity index (χ0v) is 11.5. The molecule has 0 aromatic heterocycles. The van der Waals surface area contributed by atoms with E-state index < -0.39 is 6.36 Å². The van der Waals surface area contributed by atoms with Gasteiger partial charge in [-0.05, 0) is 26.0 Å². The van der Waals surface area contributed by atoms with Gasteiger partial charge in [0.25, 0.3) is 0 Å². The van der Waals surface area contributed by atoms with Crippen LogP contribution < -0.4 is 14.4 Å². The number of ether oxygens (including phenoxy) is 2. The summed E-state index contributed by atoms with van der Waals surface area (Å²) in [6.45, 7) is 11.2. The van der Waals surface area contributed by atoms with Crippen LogP contribution in [0.3, 0.4) is 0 Å². The van der Waals surface area contributed by atoms with Gasteiger partial charge in [0.05, 0.1) is 12.2 Å². The van der Waals surface area contributed by atoms with Crippen LogP contribution in [0.1, 0.15) is 13.8 Å². The van der Waals surface area contributed by atoms with E-state index in [0.29, 0.717) is 12.4 Å². The number of benzene rings is 1. The van der Waals surface area contributed by atoms with Gasteiger partial charge in [-0.1, -0.05) is 0 Å². The van der Waals surface area contributed by atoms with Crippen LogP contribution in [-0.4, -0.2) is 25.6 Å². The van der Waals surface area contributed by atoms with Gasteiger partial charge in [-0.3, -0.25) is 0 Å². The third-order valence-electron chi connectivity index (χ3n) is 2.69. The molecule has 2 rings (SSSR count). The molecule has 0 saturated heterocycles. The summed E-state index contributed by atoms with van der Waals surface area (Å²) in [5.41, 5.74) is 0.797. The summed E-state index contributed by atoms with van der Waals surface area (Å²) < 4.78 is 45.5. The lowest BCUT2D eigenvalue weighted by atomic mass is 10.2. The molecule has 3 nitrogen and oxygen atoms in total. The van der Waals surface area contributed by atoms with Crippen LogP contribution in [0.5, 0.6) is 11.5 Å². The van der Waals surface area contributed by atoms with Crippen LogP contribution in [0.4, 0.5) is 18.9 Å². The van der Waals surface area contributed by atoms with Crippen LogP contribution in [0.25, 0.3) is 0 Å². The Morgan fingerprint density at radius 1 is 1.30 bits per heavy atom. The molecule has 1 aliphatic rings. The van der Waals surface area contributed by atoms with E-state index in [1.54, 1.807) is 6.07 Å². The fourth-order valence-corrected chi connectivity index (χ4v) is 1.96.